The van der Waals surface area contributed by atoms with Crippen molar-refractivity contribution in [2.24, 2.45) is 0 Å². The SMILES string of the molecule is CCNc1cc(CC)nc(-c2cccc(C(F)(F)F)c2)n1. The Balaban J connectivity index is 2.48. The van der Waals surface area contributed by atoms with Gasteiger partial charge in [0.25, 0.3) is 0 Å². The molecule has 2 aromatic rings. The van der Waals surface area contributed by atoms with Crippen LogP contribution in [0.1, 0.15) is 25.1 Å². The van der Waals surface area contributed by atoms with Crippen molar-refractivity contribution in [2.45, 2.75) is 26.4 Å². The summed E-state index contributed by atoms with van der Waals surface area (Å²) in [6.45, 7) is 4.55. The van der Waals surface area contributed by atoms with E-state index in [4.69, 9.17) is 0 Å². The van der Waals surface area contributed by atoms with Crippen molar-refractivity contribution in [2.75, 3.05) is 11.9 Å². The molecule has 0 spiro atoms. The topological polar surface area (TPSA) is 37.8 Å². The zero-order valence-electron chi connectivity index (χ0n) is 11.8. The lowest BCUT2D eigenvalue weighted by atomic mass is 10.1. The van der Waals surface area contributed by atoms with Crippen LogP contribution in [0.2, 0.25) is 0 Å². The maximum absolute atomic E-state index is 12.8. The largest absolute Gasteiger partial charge is 0.416 e. The van der Waals surface area contributed by atoms with Crippen molar-refractivity contribution < 1.29 is 13.2 Å². The molecule has 21 heavy (non-hydrogen) atoms. The van der Waals surface area contributed by atoms with Crippen LogP contribution in [0.25, 0.3) is 11.4 Å². The fourth-order valence-electron chi connectivity index (χ4n) is 1.91. The summed E-state index contributed by atoms with van der Waals surface area (Å²) in [5.74, 6) is 0.924. The van der Waals surface area contributed by atoms with Gasteiger partial charge in [-0.1, -0.05) is 19.1 Å². The van der Waals surface area contributed by atoms with E-state index in [0.29, 0.717) is 30.2 Å². The number of aromatic nitrogens is 2. The minimum Gasteiger partial charge on any atom is -0.370 e. The lowest BCUT2D eigenvalue weighted by Gasteiger charge is -2.10. The average Bonchev–Trinajstić information content (AvgIpc) is 2.46. The second-order valence-electron chi connectivity index (χ2n) is 4.53. The van der Waals surface area contributed by atoms with Crippen molar-refractivity contribution in [3.05, 3.63) is 41.6 Å². The van der Waals surface area contributed by atoms with Crippen molar-refractivity contribution >= 4 is 5.82 Å². The average molecular weight is 295 g/mol. The van der Waals surface area contributed by atoms with Gasteiger partial charge in [0.2, 0.25) is 0 Å². The molecule has 2 rings (SSSR count). The Kier molecular flexibility index (Phi) is 4.45. The van der Waals surface area contributed by atoms with Gasteiger partial charge in [-0.05, 0) is 25.5 Å². The van der Waals surface area contributed by atoms with Crippen molar-refractivity contribution in [3.8, 4) is 11.4 Å². The molecular formula is C15H16F3N3. The number of hydrogen-bond acceptors (Lipinski definition) is 3. The summed E-state index contributed by atoms with van der Waals surface area (Å²) < 4.78 is 38.3. The molecule has 3 nitrogen and oxygen atoms in total. The second-order valence-corrected chi connectivity index (χ2v) is 4.53. The molecular weight excluding hydrogens is 279 g/mol. The first kappa shape index (κ1) is 15.3. The highest BCUT2D eigenvalue weighted by atomic mass is 19.4. The normalized spacial score (nSPS) is 11.5. The molecule has 1 aromatic carbocycles. The van der Waals surface area contributed by atoms with Gasteiger partial charge < -0.3 is 5.32 Å². The number of aryl methyl sites for hydroxylation is 1. The summed E-state index contributed by atoms with van der Waals surface area (Å²) >= 11 is 0. The fourth-order valence-corrected chi connectivity index (χ4v) is 1.91. The fraction of sp³-hybridized carbons (Fsp3) is 0.333. The van der Waals surface area contributed by atoms with Gasteiger partial charge in [0.15, 0.2) is 5.82 Å². The van der Waals surface area contributed by atoms with E-state index in [1.807, 2.05) is 13.8 Å². The van der Waals surface area contributed by atoms with Gasteiger partial charge in [-0.25, -0.2) is 9.97 Å². The Morgan fingerprint density at radius 3 is 2.48 bits per heavy atom. The second kappa shape index (κ2) is 6.11. The number of rotatable bonds is 4. The highest BCUT2D eigenvalue weighted by molar-refractivity contribution is 5.59. The van der Waals surface area contributed by atoms with Crippen molar-refractivity contribution in [1.29, 1.82) is 0 Å². The first-order valence-corrected chi connectivity index (χ1v) is 6.73. The van der Waals surface area contributed by atoms with E-state index < -0.39 is 11.7 Å². The van der Waals surface area contributed by atoms with Crippen LogP contribution in [-0.2, 0) is 12.6 Å². The van der Waals surface area contributed by atoms with Crippen LogP contribution < -0.4 is 5.32 Å². The summed E-state index contributed by atoms with van der Waals surface area (Å²) in [6, 6.07) is 6.87. The third-order valence-electron chi connectivity index (χ3n) is 2.95. The molecule has 1 N–H and O–H groups in total. The van der Waals surface area contributed by atoms with Gasteiger partial charge in [0.05, 0.1) is 5.56 Å². The highest BCUT2D eigenvalue weighted by Crippen LogP contribution is 2.31. The smallest absolute Gasteiger partial charge is 0.370 e. The third-order valence-corrected chi connectivity index (χ3v) is 2.95. The van der Waals surface area contributed by atoms with E-state index in [1.54, 1.807) is 12.1 Å². The first-order chi connectivity index (χ1) is 9.94. The first-order valence-electron chi connectivity index (χ1n) is 6.73. The van der Waals surface area contributed by atoms with E-state index in [0.717, 1.165) is 17.8 Å². The van der Waals surface area contributed by atoms with E-state index in [-0.39, 0.29) is 0 Å². The van der Waals surface area contributed by atoms with Gasteiger partial charge >= 0.3 is 6.18 Å². The van der Waals surface area contributed by atoms with E-state index >= 15 is 0 Å². The molecule has 0 aliphatic carbocycles. The predicted molar refractivity (Wildman–Crippen MR) is 76.0 cm³/mol. The molecule has 112 valence electrons. The van der Waals surface area contributed by atoms with Gasteiger partial charge in [-0.2, -0.15) is 13.2 Å². The summed E-state index contributed by atoms with van der Waals surface area (Å²) in [6.07, 6.45) is -3.68. The lowest BCUT2D eigenvalue weighted by molar-refractivity contribution is -0.137. The van der Waals surface area contributed by atoms with E-state index in [9.17, 15) is 13.2 Å². The van der Waals surface area contributed by atoms with Crippen molar-refractivity contribution in [1.82, 2.24) is 9.97 Å². The molecule has 0 saturated heterocycles. The van der Waals surface area contributed by atoms with Crippen molar-refractivity contribution in [3.63, 3.8) is 0 Å². The Morgan fingerprint density at radius 2 is 1.86 bits per heavy atom. The molecule has 1 aromatic heterocycles. The molecule has 1 heterocycles. The molecule has 0 saturated carbocycles. The maximum Gasteiger partial charge on any atom is 0.416 e. The highest BCUT2D eigenvalue weighted by Gasteiger charge is 2.30. The summed E-state index contributed by atoms with van der Waals surface area (Å²) in [7, 11) is 0. The van der Waals surface area contributed by atoms with Crippen LogP contribution in [0, 0.1) is 0 Å². The molecule has 0 unspecified atom stereocenters. The Hall–Kier alpha value is -2.11. The summed E-state index contributed by atoms with van der Waals surface area (Å²) in [4.78, 5) is 8.58. The minimum absolute atomic E-state index is 0.302. The molecule has 0 atom stereocenters. The molecule has 0 radical (unpaired) electrons. The monoisotopic (exact) mass is 295 g/mol. The number of alkyl halides is 3. The van der Waals surface area contributed by atoms with Crippen LogP contribution in [0.5, 0.6) is 0 Å². The quantitative estimate of drug-likeness (QED) is 0.920. The van der Waals surface area contributed by atoms with Gasteiger partial charge in [-0.3, -0.25) is 0 Å². The van der Waals surface area contributed by atoms with Crippen LogP contribution in [0.4, 0.5) is 19.0 Å². The number of benzene rings is 1. The predicted octanol–water partition coefficient (Wildman–Crippen LogP) is 4.16. The molecule has 0 amide bonds. The van der Waals surface area contributed by atoms with Crippen LogP contribution in [0.15, 0.2) is 30.3 Å². The lowest BCUT2D eigenvalue weighted by Crippen LogP contribution is -2.06. The standard InChI is InChI=1S/C15H16F3N3/c1-3-12-9-13(19-4-2)21-14(20-12)10-6-5-7-11(8-10)15(16,17)18/h5-9H,3-4H2,1-2H3,(H,19,20,21). The molecule has 6 heteroatoms. The number of nitrogens with zero attached hydrogens (tertiary/aromatic N) is 2. The summed E-state index contributed by atoms with van der Waals surface area (Å²) in [5, 5.41) is 3.06. The third kappa shape index (κ3) is 3.71. The maximum atomic E-state index is 12.8. The Morgan fingerprint density at radius 1 is 1.10 bits per heavy atom. The Labute approximate surface area is 121 Å². The number of nitrogens with one attached hydrogen (secondary N) is 1. The van der Waals surface area contributed by atoms with Crippen LogP contribution in [0.3, 0.4) is 0 Å². The number of halogens is 3. The zero-order chi connectivity index (χ0) is 15.5. The number of anilines is 1. The zero-order valence-corrected chi connectivity index (χ0v) is 11.8. The molecule has 0 fully saturated rings. The molecule has 0 bridgehead atoms. The Bertz CT molecular complexity index is 624. The van der Waals surface area contributed by atoms with Crippen LogP contribution >= 0.6 is 0 Å². The van der Waals surface area contributed by atoms with E-state index in [1.165, 1.54) is 6.07 Å². The van der Waals surface area contributed by atoms with Crippen LogP contribution in [-0.4, -0.2) is 16.5 Å². The van der Waals surface area contributed by atoms with Gasteiger partial charge in [0, 0.05) is 23.9 Å². The summed E-state index contributed by atoms with van der Waals surface area (Å²) in [5.41, 5.74) is 0.447. The van der Waals surface area contributed by atoms with Gasteiger partial charge in [-0.15, -0.1) is 0 Å². The van der Waals surface area contributed by atoms with Gasteiger partial charge in [0.1, 0.15) is 5.82 Å². The molecule has 0 aliphatic rings. The van der Waals surface area contributed by atoms with E-state index in [2.05, 4.69) is 15.3 Å². The molecule has 0 aliphatic heterocycles. The number of hydrogen-bond donors (Lipinski definition) is 1. The minimum atomic E-state index is -4.37.